The highest BCUT2D eigenvalue weighted by atomic mass is 32.2. The fourth-order valence-electron chi connectivity index (χ4n) is 5.10. The van der Waals surface area contributed by atoms with Crippen molar-refractivity contribution in [1.29, 1.82) is 0 Å². The van der Waals surface area contributed by atoms with E-state index >= 15 is 0 Å². The van der Waals surface area contributed by atoms with Crippen LogP contribution in [0.2, 0.25) is 0 Å². The summed E-state index contributed by atoms with van der Waals surface area (Å²) in [6, 6.07) is 26.8. The summed E-state index contributed by atoms with van der Waals surface area (Å²) in [5, 5.41) is 0. The molecule has 1 amide bonds. The minimum atomic E-state index is -3.45. The number of piperazine rings is 2. The smallest absolute Gasteiger partial charge is 0.253 e. The molecule has 5 rings (SSSR count). The van der Waals surface area contributed by atoms with Gasteiger partial charge in [0.05, 0.1) is 4.90 Å². The molecule has 7 nitrogen and oxygen atoms in total. The summed E-state index contributed by atoms with van der Waals surface area (Å²) in [5.74, 6) is 0.0840. The number of hydrogen-bond acceptors (Lipinski definition) is 5. The van der Waals surface area contributed by atoms with Crippen LogP contribution in [0, 0.1) is 0 Å². The van der Waals surface area contributed by atoms with Crippen LogP contribution in [0.25, 0.3) is 6.08 Å². The number of benzene rings is 3. The van der Waals surface area contributed by atoms with E-state index in [0.29, 0.717) is 31.1 Å². The second-order valence-electron chi connectivity index (χ2n) is 10.1. The number of rotatable bonds is 8. The molecule has 2 aliphatic rings. The summed E-state index contributed by atoms with van der Waals surface area (Å²) in [6.07, 6.45) is 4.33. The first kappa shape index (κ1) is 27.3. The molecule has 0 unspecified atom stereocenters. The van der Waals surface area contributed by atoms with E-state index in [9.17, 15) is 13.2 Å². The first-order valence-corrected chi connectivity index (χ1v) is 15.0. The molecular formula is C31H36N4O3S. The Bertz CT molecular complexity index is 1350. The van der Waals surface area contributed by atoms with Crippen LogP contribution in [0.3, 0.4) is 0 Å². The van der Waals surface area contributed by atoms with Gasteiger partial charge in [0.1, 0.15) is 0 Å². The van der Waals surface area contributed by atoms with Crippen LogP contribution in [0.5, 0.6) is 0 Å². The van der Waals surface area contributed by atoms with Crippen LogP contribution in [0.4, 0.5) is 0 Å². The largest absolute Gasteiger partial charge is 0.336 e. The van der Waals surface area contributed by atoms with Crippen molar-refractivity contribution in [1.82, 2.24) is 19.0 Å². The molecule has 0 spiro atoms. The Morgan fingerprint density at radius 2 is 1.28 bits per heavy atom. The predicted molar refractivity (Wildman–Crippen MR) is 155 cm³/mol. The van der Waals surface area contributed by atoms with Gasteiger partial charge in [-0.2, -0.15) is 4.31 Å². The normalized spacial score (nSPS) is 18.0. The molecule has 0 aromatic heterocycles. The fourth-order valence-corrected chi connectivity index (χ4v) is 6.54. The molecule has 2 heterocycles. The third-order valence-corrected chi connectivity index (χ3v) is 9.37. The number of carbonyl (C=O) groups is 1. The highest BCUT2D eigenvalue weighted by molar-refractivity contribution is 7.89. The summed E-state index contributed by atoms with van der Waals surface area (Å²) < 4.78 is 27.3. The summed E-state index contributed by atoms with van der Waals surface area (Å²) in [5.41, 5.74) is 3.05. The molecule has 39 heavy (non-hydrogen) atoms. The zero-order valence-corrected chi connectivity index (χ0v) is 23.0. The van der Waals surface area contributed by atoms with Gasteiger partial charge in [-0.25, -0.2) is 8.42 Å². The van der Waals surface area contributed by atoms with Gasteiger partial charge in [0.15, 0.2) is 0 Å². The lowest BCUT2D eigenvalue weighted by Gasteiger charge is -2.34. The molecule has 204 valence electrons. The molecule has 2 saturated heterocycles. The molecule has 2 aliphatic heterocycles. The molecule has 0 radical (unpaired) electrons. The van der Waals surface area contributed by atoms with Gasteiger partial charge in [-0.3, -0.25) is 14.6 Å². The van der Waals surface area contributed by atoms with Crippen molar-refractivity contribution in [2.45, 2.75) is 11.4 Å². The lowest BCUT2D eigenvalue weighted by atomic mass is 10.1. The number of sulfonamides is 1. The highest BCUT2D eigenvalue weighted by Gasteiger charge is 2.28. The lowest BCUT2D eigenvalue weighted by molar-refractivity contribution is 0.0650. The van der Waals surface area contributed by atoms with Gasteiger partial charge in [0, 0.05) is 71.0 Å². The zero-order valence-electron chi connectivity index (χ0n) is 22.2. The number of amides is 1. The summed E-state index contributed by atoms with van der Waals surface area (Å²) in [7, 11) is -3.45. The first-order valence-electron chi connectivity index (χ1n) is 13.6. The van der Waals surface area contributed by atoms with E-state index in [0.717, 1.165) is 50.4 Å². The van der Waals surface area contributed by atoms with E-state index in [1.165, 1.54) is 5.56 Å². The Morgan fingerprint density at radius 1 is 0.692 bits per heavy atom. The molecule has 0 atom stereocenters. The van der Waals surface area contributed by atoms with Gasteiger partial charge in [-0.1, -0.05) is 72.8 Å². The summed E-state index contributed by atoms with van der Waals surface area (Å²) in [4.78, 5) is 20.0. The molecule has 3 aromatic carbocycles. The minimum Gasteiger partial charge on any atom is -0.336 e. The minimum absolute atomic E-state index is 0.0840. The fraction of sp³-hybridized carbons (Fsp3) is 0.323. The SMILES string of the molecule is O=C(c1ccc(CN2CCN(S(=O)(=O)c3ccccc3)CC2)cc1)N1CCN(C/C=C/c2ccccc2)CC1. The van der Waals surface area contributed by atoms with Gasteiger partial charge < -0.3 is 4.90 Å². The third-order valence-electron chi connectivity index (χ3n) is 7.45. The summed E-state index contributed by atoms with van der Waals surface area (Å²) >= 11 is 0. The maximum atomic E-state index is 13.1. The van der Waals surface area contributed by atoms with E-state index in [1.54, 1.807) is 28.6 Å². The van der Waals surface area contributed by atoms with Crippen LogP contribution in [0.1, 0.15) is 21.5 Å². The molecule has 2 fully saturated rings. The first-order chi connectivity index (χ1) is 19.0. The van der Waals surface area contributed by atoms with E-state index in [-0.39, 0.29) is 5.91 Å². The van der Waals surface area contributed by atoms with E-state index in [1.807, 2.05) is 53.4 Å². The Labute approximate surface area is 232 Å². The molecule has 0 bridgehead atoms. The Balaban J connectivity index is 1.06. The molecule has 0 saturated carbocycles. The van der Waals surface area contributed by atoms with Crippen LogP contribution in [0.15, 0.2) is 95.9 Å². The van der Waals surface area contributed by atoms with Crippen molar-refractivity contribution in [3.63, 3.8) is 0 Å². The van der Waals surface area contributed by atoms with Crippen molar-refractivity contribution in [3.8, 4) is 0 Å². The molecule has 8 heteroatoms. The van der Waals surface area contributed by atoms with Crippen LogP contribution < -0.4 is 0 Å². The monoisotopic (exact) mass is 544 g/mol. The van der Waals surface area contributed by atoms with Crippen LogP contribution >= 0.6 is 0 Å². The molecular weight excluding hydrogens is 508 g/mol. The number of nitrogens with zero attached hydrogens (tertiary/aromatic N) is 4. The standard InChI is InChI=1S/C31H36N4O3S/c36-31(34-22-18-32(19-23-34)17-7-10-27-8-3-1-4-9-27)29-15-13-28(14-16-29)26-33-20-24-35(25-21-33)39(37,38)30-11-5-2-6-12-30/h1-16H,17-26H2/b10-7+. The molecule has 3 aromatic rings. The Kier molecular flexibility index (Phi) is 8.88. The van der Waals surface area contributed by atoms with Gasteiger partial charge >= 0.3 is 0 Å². The Morgan fingerprint density at radius 3 is 1.92 bits per heavy atom. The van der Waals surface area contributed by atoms with Crippen molar-refractivity contribution in [3.05, 3.63) is 108 Å². The van der Waals surface area contributed by atoms with Crippen LogP contribution in [-0.2, 0) is 16.6 Å². The summed E-state index contributed by atoms with van der Waals surface area (Å²) in [6.45, 7) is 7.13. The predicted octanol–water partition coefficient (Wildman–Crippen LogP) is 3.66. The quantitative estimate of drug-likeness (QED) is 0.433. The van der Waals surface area contributed by atoms with E-state index in [2.05, 4.69) is 34.1 Å². The van der Waals surface area contributed by atoms with Crippen molar-refractivity contribution < 1.29 is 13.2 Å². The zero-order chi connectivity index (χ0) is 27.1. The van der Waals surface area contributed by atoms with Crippen molar-refractivity contribution in [2.24, 2.45) is 0 Å². The van der Waals surface area contributed by atoms with E-state index < -0.39 is 10.0 Å². The topological polar surface area (TPSA) is 64.2 Å². The Hall–Kier alpha value is -3.30. The highest BCUT2D eigenvalue weighted by Crippen LogP contribution is 2.19. The molecule has 0 aliphatic carbocycles. The van der Waals surface area contributed by atoms with Crippen molar-refractivity contribution >= 4 is 22.0 Å². The lowest BCUT2D eigenvalue weighted by Crippen LogP contribution is -2.48. The maximum Gasteiger partial charge on any atom is 0.253 e. The maximum absolute atomic E-state index is 13.1. The average Bonchev–Trinajstić information content (AvgIpc) is 2.99. The van der Waals surface area contributed by atoms with Gasteiger partial charge in [0.2, 0.25) is 10.0 Å². The second-order valence-corrected chi connectivity index (χ2v) is 12.0. The van der Waals surface area contributed by atoms with Gasteiger partial charge in [-0.05, 0) is 35.4 Å². The van der Waals surface area contributed by atoms with Gasteiger partial charge in [0.25, 0.3) is 5.91 Å². The molecule has 0 N–H and O–H groups in total. The third kappa shape index (κ3) is 7.02. The average molecular weight is 545 g/mol. The van der Waals surface area contributed by atoms with Crippen molar-refractivity contribution in [2.75, 3.05) is 58.9 Å². The second kappa shape index (κ2) is 12.7. The number of hydrogen-bond donors (Lipinski definition) is 0. The number of carbonyl (C=O) groups excluding carboxylic acids is 1. The van der Waals surface area contributed by atoms with Gasteiger partial charge in [-0.15, -0.1) is 0 Å². The van der Waals surface area contributed by atoms with Crippen LogP contribution in [-0.4, -0.2) is 92.2 Å². The van der Waals surface area contributed by atoms with E-state index in [4.69, 9.17) is 0 Å².